The van der Waals surface area contributed by atoms with E-state index in [2.05, 4.69) is 10.3 Å². The van der Waals surface area contributed by atoms with Gasteiger partial charge in [-0.15, -0.1) is 11.3 Å². The summed E-state index contributed by atoms with van der Waals surface area (Å²) in [5.74, 6) is 0.696. The molecule has 0 radical (unpaired) electrons. The van der Waals surface area contributed by atoms with Gasteiger partial charge in [0.2, 0.25) is 0 Å². The van der Waals surface area contributed by atoms with E-state index in [0.717, 1.165) is 10.7 Å². The number of rotatable bonds is 5. The van der Waals surface area contributed by atoms with Crippen molar-refractivity contribution in [3.8, 4) is 5.75 Å². The molecule has 2 aromatic rings. The Morgan fingerprint density at radius 3 is 2.83 bits per heavy atom. The van der Waals surface area contributed by atoms with Gasteiger partial charge in [0.05, 0.1) is 24.4 Å². The van der Waals surface area contributed by atoms with Crippen LogP contribution in [0, 0.1) is 0 Å². The number of nitrogens with one attached hydrogen (secondary N) is 1. The van der Waals surface area contributed by atoms with Gasteiger partial charge in [-0.25, -0.2) is 4.98 Å². The summed E-state index contributed by atoms with van der Waals surface area (Å²) in [6.45, 7) is 3.15. The average Bonchev–Trinajstić information content (AvgIpc) is 2.76. The summed E-state index contributed by atoms with van der Waals surface area (Å²) in [6.07, 6.45) is 1.65. The predicted octanol–water partition coefficient (Wildman–Crippen LogP) is 4.46. The molecule has 0 amide bonds. The lowest BCUT2D eigenvalue weighted by Crippen LogP contribution is -1.99. The van der Waals surface area contributed by atoms with Crippen molar-refractivity contribution >= 4 is 40.2 Å². The molecule has 0 aliphatic heterocycles. The maximum Gasteiger partial charge on any atom is 0.138 e. The molecule has 1 aromatic heterocycles. The number of aromatic nitrogens is 1. The van der Waals surface area contributed by atoms with E-state index >= 15 is 0 Å². The molecule has 1 N–H and O–H groups in total. The van der Waals surface area contributed by atoms with Gasteiger partial charge in [0, 0.05) is 5.69 Å². The van der Waals surface area contributed by atoms with E-state index in [1.54, 1.807) is 6.20 Å². The molecule has 18 heavy (non-hydrogen) atoms. The van der Waals surface area contributed by atoms with Crippen LogP contribution in [0.1, 0.15) is 11.9 Å². The Hall–Kier alpha value is -0.970. The summed E-state index contributed by atoms with van der Waals surface area (Å²) in [5, 5.41) is 4.77. The van der Waals surface area contributed by atoms with Gasteiger partial charge in [-0.3, -0.25) is 0 Å². The van der Waals surface area contributed by atoms with Gasteiger partial charge in [-0.2, -0.15) is 0 Å². The number of hydrogen-bond acceptors (Lipinski definition) is 4. The molecule has 0 spiro atoms. The Kier molecular flexibility index (Phi) is 4.69. The van der Waals surface area contributed by atoms with Crippen molar-refractivity contribution in [1.29, 1.82) is 0 Å². The highest BCUT2D eigenvalue weighted by atomic mass is 35.5. The third-order valence-corrected chi connectivity index (χ3v) is 3.61. The fraction of sp³-hybridized carbons (Fsp3) is 0.250. The van der Waals surface area contributed by atoms with Crippen LogP contribution in [0.3, 0.4) is 0 Å². The zero-order valence-electron chi connectivity index (χ0n) is 9.74. The molecule has 96 valence electrons. The zero-order valence-corrected chi connectivity index (χ0v) is 12.1. The molecular weight excluding hydrogens is 291 g/mol. The van der Waals surface area contributed by atoms with E-state index in [9.17, 15) is 0 Å². The van der Waals surface area contributed by atoms with E-state index < -0.39 is 0 Å². The standard InChI is InChI=1S/C12H12Cl2N2OS/c1-2-17-10-4-3-8(5-9(10)13)15-7-12-16-6-11(14)18-12/h3-6,15H,2,7H2,1H3. The fourth-order valence-electron chi connectivity index (χ4n) is 1.43. The van der Waals surface area contributed by atoms with Gasteiger partial charge in [0.1, 0.15) is 15.1 Å². The maximum atomic E-state index is 6.09. The highest BCUT2D eigenvalue weighted by Crippen LogP contribution is 2.28. The van der Waals surface area contributed by atoms with Crippen LogP contribution in [0.15, 0.2) is 24.4 Å². The average molecular weight is 303 g/mol. The molecule has 0 aliphatic carbocycles. The van der Waals surface area contributed by atoms with E-state index in [0.29, 0.717) is 28.3 Å². The summed E-state index contributed by atoms with van der Waals surface area (Å²) in [7, 11) is 0. The number of ether oxygens (including phenoxy) is 1. The van der Waals surface area contributed by atoms with Crippen LogP contribution in [-0.2, 0) is 6.54 Å². The van der Waals surface area contributed by atoms with Crippen LogP contribution in [-0.4, -0.2) is 11.6 Å². The fourth-order valence-corrected chi connectivity index (χ4v) is 2.56. The number of thiazole rings is 1. The van der Waals surface area contributed by atoms with Crippen LogP contribution >= 0.6 is 34.5 Å². The highest BCUT2D eigenvalue weighted by Gasteiger charge is 2.04. The molecule has 0 fully saturated rings. The lowest BCUT2D eigenvalue weighted by molar-refractivity contribution is 0.340. The monoisotopic (exact) mass is 302 g/mol. The SMILES string of the molecule is CCOc1ccc(NCc2ncc(Cl)s2)cc1Cl. The zero-order chi connectivity index (χ0) is 13.0. The minimum atomic E-state index is 0.596. The van der Waals surface area contributed by atoms with Crippen molar-refractivity contribution in [2.24, 2.45) is 0 Å². The minimum absolute atomic E-state index is 0.596. The topological polar surface area (TPSA) is 34.1 Å². The number of nitrogens with zero attached hydrogens (tertiary/aromatic N) is 1. The first kappa shape index (κ1) is 13.5. The maximum absolute atomic E-state index is 6.09. The highest BCUT2D eigenvalue weighted by molar-refractivity contribution is 7.15. The van der Waals surface area contributed by atoms with Crippen molar-refractivity contribution in [2.75, 3.05) is 11.9 Å². The smallest absolute Gasteiger partial charge is 0.138 e. The van der Waals surface area contributed by atoms with Gasteiger partial charge in [-0.1, -0.05) is 23.2 Å². The Balaban J connectivity index is 1.99. The molecule has 0 unspecified atom stereocenters. The first-order valence-electron chi connectivity index (χ1n) is 5.45. The molecule has 0 atom stereocenters. The van der Waals surface area contributed by atoms with Crippen LogP contribution < -0.4 is 10.1 Å². The Bertz CT molecular complexity index is 531. The van der Waals surface area contributed by atoms with Gasteiger partial charge in [0.25, 0.3) is 0 Å². The molecule has 1 aromatic carbocycles. The Morgan fingerprint density at radius 1 is 1.39 bits per heavy atom. The molecule has 1 heterocycles. The summed E-state index contributed by atoms with van der Waals surface area (Å²) in [6, 6.07) is 5.61. The number of halogens is 2. The molecule has 0 saturated heterocycles. The molecule has 3 nitrogen and oxygen atoms in total. The molecule has 0 saturated carbocycles. The second-order valence-electron chi connectivity index (χ2n) is 3.49. The van der Waals surface area contributed by atoms with E-state index in [-0.39, 0.29) is 0 Å². The van der Waals surface area contributed by atoms with Gasteiger partial charge >= 0.3 is 0 Å². The predicted molar refractivity (Wildman–Crippen MR) is 77.1 cm³/mol. The molecule has 2 rings (SSSR count). The van der Waals surface area contributed by atoms with Gasteiger partial charge < -0.3 is 10.1 Å². The molecule has 0 bridgehead atoms. The van der Waals surface area contributed by atoms with E-state index in [1.165, 1.54) is 11.3 Å². The van der Waals surface area contributed by atoms with Crippen molar-refractivity contribution in [2.45, 2.75) is 13.5 Å². The van der Waals surface area contributed by atoms with Crippen molar-refractivity contribution in [3.05, 3.63) is 38.8 Å². The van der Waals surface area contributed by atoms with E-state index in [1.807, 2.05) is 25.1 Å². The van der Waals surface area contributed by atoms with E-state index in [4.69, 9.17) is 27.9 Å². The number of hydrogen-bond donors (Lipinski definition) is 1. The third kappa shape index (κ3) is 3.51. The number of anilines is 1. The van der Waals surface area contributed by atoms with Crippen LogP contribution in [0.4, 0.5) is 5.69 Å². The second-order valence-corrected chi connectivity index (χ2v) is 5.64. The minimum Gasteiger partial charge on any atom is -0.492 e. The van der Waals surface area contributed by atoms with Gasteiger partial charge in [0.15, 0.2) is 0 Å². The van der Waals surface area contributed by atoms with Crippen molar-refractivity contribution in [3.63, 3.8) is 0 Å². The number of benzene rings is 1. The van der Waals surface area contributed by atoms with Crippen LogP contribution in [0.5, 0.6) is 5.75 Å². The Morgan fingerprint density at radius 2 is 2.22 bits per heavy atom. The summed E-state index contributed by atoms with van der Waals surface area (Å²) < 4.78 is 6.06. The van der Waals surface area contributed by atoms with Crippen molar-refractivity contribution in [1.82, 2.24) is 4.98 Å². The molecule has 6 heteroatoms. The largest absolute Gasteiger partial charge is 0.492 e. The Labute approximate surface area is 120 Å². The van der Waals surface area contributed by atoms with Crippen LogP contribution in [0.2, 0.25) is 9.36 Å². The van der Waals surface area contributed by atoms with Crippen molar-refractivity contribution < 1.29 is 4.74 Å². The summed E-state index contributed by atoms with van der Waals surface area (Å²) in [4.78, 5) is 4.17. The van der Waals surface area contributed by atoms with Crippen LogP contribution in [0.25, 0.3) is 0 Å². The second kappa shape index (κ2) is 6.27. The lowest BCUT2D eigenvalue weighted by Gasteiger charge is -2.08. The molecule has 0 aliphatic rings. The lowest BCUT2D eigenvalue weighted by atomic mass is 10.3. The quantitative estimate of drug-likeness (QED) is 0.885. The first-order chi connectivity index (χ1) is 8.69. The summed E-state index contributed by atoms with van der Waals surface area (Å²) >= 11 is 13.4. The van der Waals surface area contributed by atoms with Gasteiger partial charge in [-0.05, 0) is 25.1 Å². The molecular formula is C12H12Cl2N2OS. The first-order valence-corrected chi connectivity index (χ1v) is 7.02. The third-order valence-electron chi connectivity index (χ3n) is 2.20. The summed E-state index contributed by atoms with van der Waals surface area (Å²) in [5.41, 5.74) is 0.926. The normalized spacial score (nSPS) is 10.4.